The number of benzene rings is 1. The van der Waals surface area contributed by atoms with Crippen molar-refractivity contribution in [1.29, 1.82) is 0 Å². The number of carbonyl (C=O) groups is 1. The van der Waals surface area contributed by atoms with Crippen LogP contribution in [0.25, 0.3) is 11.2 Å². The maximum atomic E-state index is 12.1. The summed E-state index contributed by atoms with van der Waals surface area (Å²) in [5, 5.41) is 2.60. The normalized spacial score (nSPS) is 11.0. The lowest BCUT2D eigenvalue weighted by Crippen LogP contribution is -2.19. The number of anilines is 1. The standard InChI is InChI=1S/C15H15N5O2/c1-9(2)20-8-16-11-12(20)17-15(19-14(11)22)18-13(21)10-6-4-3-5-7-10/h3-9H,1-2H3,(H2,17,18,19,21,22). The monoisotopic (exact) mass is 297 g/mol. The third-order valence-corrected chi connectivity index (χ3v) is 3.26. The minimum atomic E-state index is -0.382. The molecule has 0 atom stereocenters. The number of H-pyrrole nitrogens is 1. The number of aromatic nitrogens is 4. The number of rotatable bonds is 3. The van der Waals surface area contributed by atoms with E-state index in [0.717, 1.165) is 0 Å². The van der Waals surface area contributed by atoms with Gasteiger partial charge in [-0.2, -0.15) is 4.98 Å². The first kappa shape index (κ1) is 14.0. The van der Waals surface area contributed by atoms with E-state index in [4.69, 9.17) is 0 Å². The topological polar surface area (TPSA) is 92.7 Å². The van der Waals surface area contributed by atoms with Crippen LogP contribution in [0.15, 0.2) is 41.5 Å². The van der Waals surface area contributed by atoms with Crippen molar-refractivity contribution < 1.29 is 4.79 Å². The fourth-order valence-corrected chi connectivity index (χ4v) is 2.13. The van der Waals surface area contributed by atoms with Gasteiger partial charge in [0.05, 0.1) is 6.33 Å². The lowest BCUT2D eigenvalue weighted by Gasteiger charge is -2.08. The third kappa shape index (κ3) is 2.48. The van der Waals surface area contributed by atoms with Crippen molar-refractivity contribution >= 4 is 23.0 Å². The summed E-state index contributed by atoms with van der Waals surface area (Å²) in [6.07, 6.45) is 1.57. The second-order valence-electron chi connectivity index (χ2n) is 5.15. The van der Waals surface area contributed by atoms with E-state index in [-0.39, 0.29) is 29.0 Å². The van der Waals surface area contributed by atoms with E-state index in [1.807, 2.05) is 19.9 Å². The highest BCUT2D eigenvalue weighted by Crippen LogP contribution is 2.13. The Kier molecular flexibility index (Phi) is 3.46. The molecule has 7 nitrogen and oxygen atoms in total. The summed E-state index contributed by atoms with van der Waals surface area (Å²) < 4.78 is 1.78. The van der Waals surface area contributed by atoms with Crippen LogP contribution in [0, 0.1) is 0 Å². The van der Waals surface area contributed by atoms with Crippen molar-refractivity contribution in [3.05, 3.63) is 52.6 Å². The molecule has 0 unspecified atom stereocenters. The van der Waals surface area contributed by atoms with E-state index in [9.17, 15) is 9.59 Å². The van der Waals surface area contributed by atoms with Crippen molar-refractivity contribution in [2.24, 2.45) is 0 Å². The van der Waals surface area contributed by atoms with Crippen LogP contribution in [-0.2, 0) is 0 Å². The zero-order chi connectivity index (χ0) is 15.7. The molecule has 0 bridgehead atoms. The molecule has 0 saturated carbocycles. The SMILES string of the molecule is CC(C)n1cnc2c(=O)[nH]c(NC(=O)c3ccccc3)nc21. The van der Waals surface area contributed by atoms with Gasteiger partial charge in [-0.3, -0.25) is 19.9 Å². The largest absolute Gasteiger partial charge is 0.312 e. The van der Waals surface area contributed by atoms with Crippen molar-refractivity contribution in [2.75, 3.05) is 5.32 Å². The van der Waals surface area contributed by atoms with E-state index >= 15 is 0 Å². The second-order valence-corrected chi connectivity index (χ2v) is 5.15. The van der Waals surface area contributed by atoms with Crippen LogP contribution in [0.3, 0.4) is 0 Å². The number of aromatic amines is 1. The summed E-state index contributed by atoms with van der Waals surface area (Å²) in [6, 6.07) is 8.83. The lowest BCUT2D eigenvalue weighted by molar-refractivity contribution is 0.102. The van der Waals surface area contributed by atoms with Crippen LogP contribution in [0.1, 0.15) is 30.2 Å². The Balaban J connectivity index is 1.99. The van der Waals surface area contributed by atoms with Gasteiger partial charge in [0, 0.05) is 11.6 Å². The molecule has 1 aromatic carbocycles. The molecule has 2 N–H and O–H groups in total. The fraction of sp³-hybridized carbons (Fsp3) is 0.200. The van der Waals surface area contributed by atoms with E-state index in [0.29, 0.717) is 11.2 Å². The Labute approximate surface area is 126 Å². The van der Waals surface area contributed by atoms with Crippen LogP contribution in [-0.4, -0.2) is 25.4 Å². The minimum absolute atomic E-state index is 0.105. The number of hydrogen-bond acceptors (Lipinski definition) is 4. The van der Waals surface area contributed by atoms with Crippen molar-refractivity contribution in [1.82, 2.24) is 19.5 Å². The molecule has 22 heavy (non-hydrogen) atoms. The highest BCUT2D eigenvalue weighted by Gasteiger charge is 2.14. The molecule has 7 heteroatoms. The van der Waals surface area contributed by atoms with Crippen LogP contribution in [0.4, 0.5) is 5.95 Å². The van der Waals surface area contributed by atoms with Gasteiger partial charge in [0.15, 0.2) is 11.2 Å². The van der Waals surface area contributed by atoms with Crippen LogP contribution in [0.5, 0.6) is 0 Å². The van der Waals surface area contributed by atoms with Crippen LogP contribution >= 0.6 is 0 Å². The number of imidazole rings is 1. The summed E-state index contributed by atoms with van der Waals surface area (Å²) in [4.78, 5) is 35.0. The van der Waals surface area contributed by atoms with Gasteiger partial charge in [-0.25, -0.2) is 4.98 Å². The molecule has 112 valence electrons. The smallest absolute Gasteiger partial charge is 0.280 e. The number of nitrogens with zero attached hydrogens (tertiary/aromatic N) is 3. The first-order valence-electron chi connectivity index (χ1n) is 6.89. The third-order valence-electron chi connectivity index (χ3n) is 3.26. The van der Waals surface area contributed by atoms with Crippen LogP contribution < -0.4 is 10.9 Å². The Morgan fingerprint density at radius 1 is 1.27 bits per heavy atom. The molecule has 3 aromatic rings. The molecule has 0 aliphatic rings. The average Bonchev–Trinajstić information content (AvgIpc) is 2.92. The molecule has 3 rings (SSSR count). The molecule has 0 fully saturated rings. The fourth-order valence-electron chi connectivity index (χ4n) is 2.13. The number of carbonyl (C=O) groups excluding carboxylic acids is 1. The quantitative estimate of drug-likeness (QED) is 0.772. The van der Waals surface area contributed by atoms with Gasteiger partial charge < -0.3 is 4.57 Å². The summed E-state index contributed by atoms with van der Waals surface area (Å²) in [5.74, 6) is -0.229. The highest BCUT2D eigenvalue weighted by molar-refractivity contribution is 6.03. The van der Waals surface area contributed by atoms with E-state index in [1.54, 1.807) is 35.2 Å². The summed E-state index contributed by atoms with van der Waals surface area (Å²) in [6.45, 7) is 3.93. The lowest BCUT2D eigenvalue weighted by atomic mass is 10.2. The molecule has 0 aliphatic heterocycles. The Morgan fingerprint density at radius 3 is 2.68 bits per heavy atom. The van der Waals surface area contributed by atoms with E-state index in [1.165, 1.54) is 0 Å². The van der Waals surface area contributed by atoms with Gasteiger partial charge >= 0.3 is 0 Å². The molecule has 0 radical (unpaired) electrons. The van der Waals surface area contributed by atoms with Crippen molar-refractivity contribution in [3.8, 4) is 0 Å². The van der Waals surface area contributed by atoms with Gasteiger partial charge in [0.25, 0.3) is 11.5 Å². The average molecular weight is 297 g/mol. The molecule has 0 saturated heterocycles. The maximum Gasteiger partial charge on any atom is 0.280 e. The second kappa shape index (κ2) is 5.44. The number of nitrogens with one attached hydrogen (secondary N) is 2. The van der Waals surface area contributed by atoms with Crippen molar-refractivity contribution in [3.63, 3.8) is 0 Å². The Bertz CT molecular complexity index is 880. The summed E-state index contributed by atoms with van der Waals surface area (Å²) in [7, 11) is 0. The number of amides is 1. The summed E-state index contributed by atoms with van der Waals surface area (Å²) in [5.41, 5.74) is 0.809. The number of hydrogen-bond donors (Lipinski definition) is 2. The zero-order valence-corrected chi connectivity index (χ0v) is 12.2. The van der Waals surface area contributed by atoms with Crippen molar-refractivity contribution in [2.45, 2.75) is 19.9 Å². The molecule has 0 spiro atoms. The first-order chi connectivity index (χ1) is 10.6. The zero-order valence-electron chi connectivity index (χ0n) is 12.2. The van der Waals surface area contributed by atoms with Gasteiger partial charge in [-0.05, 0) is 26.0 Å². The van der Waals surface area contributed by atoms with E-state index in [2.05, 4.69) is 20.3 Å². The Morgan fingerprint density at radius 2 is 2.00 bits per heavy atom. The molecular weight excluding hydrogens is 282 g/mol. The van der Waals surface area contributed by atoms with Gasteiger partial charge in [0.1, 0.15) is 0 Å². The highest BCUT2D eigenvalue weighted by atomic mass is 16.2. The molecule has 2 heterocycles. The van der Waals surface area contributed by atoms with Gasteiger partial charge in [-0.1, -0.05) is 18.2 Å². The molecule has 2 aromatic heterocycles. The maximum absolute atomic E-state index is 12.1. The van der Waals surface area contributed by atoms with E-state index < -0.39 is 0 Å². The summed E-state index contributed by atoms with van der Waals surface area (Å²) >= 11 is 0. The predicted molar refractivity (Wildman–Crippen MR) is 82.9 cm³/mol. The van der Waals surface area contributed by atoms with Crippen LogP contribution in [0.2, 0.25) is 0 Å². The minimum Gasteiger partial charge on any atom is -0.312 e. The Hall–Kier alpha value is -2.96. The first-order valence-corrected chi connectivity index (χ1v) is 6.89. The van der Waals surface area contributed by atoms with Gasteiger partial charge in [0.2, 0.25) is 5.95 Å². The molecular formula is C15H15N5O2. The molecule has 1 amide bonds. The molecule has 0 aliphatic carbocycles. The predicted octanol–water partition coefficient (Wildman–Crippen LogP) is 1.95. The van der Waals surface area contributed by atoms with Gasteiger partial charge in [-0.15, -0.1) is 0 Å². The number of fused-ring (bicyclic) bond motifs is 1.